The first-order chi connectivity index (χ1) is 6.68. The number of benzene rings is 1. The van der Waals surface area contributed by atoms with Crippen molar-refractivity contribution in [2.24, 2.45) is 0 Å². The van der Waals surface area contributed by atoms with Crippen LogP contribution in [0, 0.1) is 0 Å². The molecule has 2 N–H and O–H groups in total. The third kappa shape index (κ3) is 1.28. The minimum absolute atomic E-state index is 0.0428. The lowest BCUT2D eigenvalue weighted by Gasteiger charge is -2.00. The maximum Gasteiger partial charge on any atom is 0.323 e. The fourth-order valence-electron chi connectivity index (χ4n) is 1.37. The molecule has 1 aromatic heterocycles. The predicted octanol–water partition coefficient (Wildman–Crippen LogP) is 0.827. The molecule has 14 heavy (non-hydrogen) atoms. The summed E-state index contributed by atoms with van der Waals surface area (Å²) >= 11 is 0. The van der Waals surface area contributed by atoms with Crippen LogP contribution in [0.3, 0.4) is 0 Å². The molecule has 72 valence electrons. The number of aromatic nitrogens is 2. The van der Waals surface area contributed by atoms with E-state index in [1.54, 1.807) is 12.1 Å². The maximum atomic E-state index is 10.5. The summed E-state index contributed by atoms with van der Waals surface area (Å²) in [6.07, 6.45) is 1.40. The molecule has 0 saturated carbocycles. The summed E-state index contributed by atoms with van der Waals surface area (Å²) < 4.78 is 1.40. The number of hydrogen-bond donors (Lipinski definition) is 2. The highest BCUT2D eigenvalue weighted by molar-refractivity contribution is 5.83. The van der Waals surface area contributed by atoms with E-state index in [2.05, 4.69) is 4.98 Å². The fraction of sp³-hybridized carbons (Fsp3) is 0.111. The van der Waals surface area contributed by atoms with Crippen molar-refractivity contribution in [3.8, 4) is 5.75 Å². The van der Waals surface area contributed by atoms with E-state index >= 15 is 0 Å². The topological polar surface area (TPSA) is 75.3 Å². The smallest absolute Gasteiger partial charge is 0.323 e. The molecule has 1 heterocycles. The lowest BCUT2D eigenvalue weighted by atomic mass is 10.3. The lowest BCUT2D eigenvalue weighted by molar-refractivity contribution is -0.137. The fourth-order valence-corrected chi connectivity index (χ4v) is 1.37. The summed E-state index contributed by atoms with van der Waals surface area (Å²) in [5.41, 5.74) is 1.04. The van der Waals surface area contributed by atoms with Crippen molar-refractivity contribution in [3.63, 3.8) is 0 Å². The number of nitrogens with zero attached hydrogens (tertiary/aromatic N) is 2. The molecule has 0 bridgehead atoms. The van der Waals surface area contributed by atoms with Gasteiger partial charge in [0.1, 0.15) is 17.8 Å². The number of fused-ring (bicyclic) bond motifs is 1. The molecule has 0 atom stereocenters. The molecule has 0 fully saturated rings. The monoisotopic (exact) mass is 192 g/mol. The van der Waals surface area contributed by atoms with Crippen LogP contribution < -0.4 is 0 Å². The zero-order valence-corrected chi connectivity index (χ0v) is 7.21. The highest BCUT2D eigenvalue weighted by Crippen LogP contribution is 2.22. The first kappa shape index (κ1) is 8.55. The van der Waals surface area contributed by atoms with Crippen LogP contribution in [0.1, 0.15) is 0 Å². The molecule has 0 amide bonds. The van der Waals surface area contributed by atoms with Gasteiger partial charge in [-0.2, -0.15) is 0 Å². The highest BCUT2D eigenvalue weighted by atomic mass is 16.4. The van der Waals surface area contributed by atoms with Gasteiger partial charge in [0.2, 0.25) is 0 Å². The molecule has 0 aliphatic carbocycles. The summed E-state index contributed by atoms with van der Waals surface area (Å²) in [5.74, 6) is -0.922. The van der Waals surface area contributed by atoms with Crippen molar-refractivity contribution in [3.05, 3.63) is 24.5 Å². The zero-order chi connectivity index (χ0) is 10.1. The second-order valence-electron chi connectivity index (χ2n) is 2.91. The van der Waals surface area contributed by atoms with Crippen molar-refractivity contribution in [1.29, 1.82) is 0 Å². The Morgan fingerprint density at radius 1 is 1.50 bits per heavy atom. The molecule has 0 spiro atoms. The van der Waals surface area contributed by atoms with Crippen molar-refractivity contribution in [1.82, 2.24) is 9.55 Å². The van der Waals surface area contributed by atoms with Crippen LogP contribution in [0.4, 0.5) is 0 Å². The van der Waals surface area contributed by atoms with Crippen LogP contribution >= 0.6 is 0 Å². The average Bonchev–Trinajstić information content (AvgIpc) is 2.49. The molecule has 0 radical (unpaired) electrons. The van der Waals surface area contributed by atoms with E-state index in [1.807, 2.05) is 0 Å². The van der Waals surface area contributed by atoms with Crippen LogP contribution in [0.25, 0.3) is 11.0 Å². The Morgan fingerprint density at radius 3 is 3.00 bits per heavy atom. The van der Waals surface area contributed by atoms with Crippen LogP contribution in [0.5, 0.6) is 5.75 Å². The number of hydrogen-bond acceptors (Lipinski definition) is 3. The Kier molecular flexibility index (Phi) is 1.85. The zero-order valence-electron chi connectivity index (χ0n) is 7.21. The molecular formula is C9H8N2O3. The van der Waals surface area contributed by atoms with Crippen LogP contribution in [-0.2, 0) is 11.3 Å². The van der Waals surface area contributed by atoms with Gasteiger partial charge in [-0.3, -0.25) is 4.79 Å². The molecule has 5 heteroatoms. The Bertz CT molecular complexity index is 490. The standard InChI is InChI=1S/C9H8N2O3/c12-7-3-1-2-6-9(7)11(5-10-6)4-8(13)14/h1-3,5,12H,4H2,(H,13,14). The minimum atomic E-state index is -0.965. The summed E-state index contributed by atoms with van der Waals surface area (Å²) in [6.45, 7) is -0.200. The van der Waals surface area contributed by atoms with Crippen molar-refractivity contribution < 1.29 is 15.0 Å². The predicted molar refractivity (Wildman–Crippen MR) is 49.0 cm³/mol. The van der Waals surface area contributed by atoms with E-state index < -0.39 is 5.97 Å². The van der Waals surface area contributed by atoms with Crippen molar-refractivity contribution in [2.75, 3.05) is 0 Å². The minimum Gasteiger partial charge on any atom is -0.506 e. The SMILES string of the molecule is O=C(O)Cn1cnc2cccc(O)c21. The molecule has 1 aromatic carbocycles. The highest BCUT2D eigenvalue weighted by Gasteiger charge is 2.08. The van der Waals surface area contributed by atoms with Crippen LogP contribution in [0.15, 0.2) is 24.5 Å². The van der Waals surface area contributed by atoms with Gasteiger partial charge in [-0.1, -0.05) is 6.07 Å². The first-order valence-electron chi connectivity index (χ1n) is 4.03. The Balaban J connectivity index is 2.61. The number of carboxylic acids is 1. The van der Waals surface area contributed by atoms with Gasteiger partial charge in [-0.25, -0.2) is 4.98 Å². The maximum absolute atomic E-state index is 10.5. The number of rotatable bonds is 2. The van der Waals surface area contributed by atoms with E-state index in [9.17, 15) is 9.90 Å². The first-order valence-corrected chi connectivity index (χ1v) is 4.03. The van der Waals surface area contributed by atoms with Gasteiger partial charge in [-0.15, -0.1) is 0 Å². The molecule has 5 nitrogen and oxygen atoms in total. The normalized spacial score (nSPS) is 10.6. The van der Waals surface area contributed by atoms with Gasteiger partial charge >= 0.3 is 5.97 Å². The Hall–Kier alpha value is -2.04. The van der Waals surface area contributed by atoms with Gasteiger partial charge in [0.05, 0.1) is 11.8 Å². The van der Waals surface area contributed by atoms with E-state index in [0.29, 0.717) is 11.0 Å². The molecule has 0 aliphatic rings. The van der Waals surface area contributed by atoms with Crippen molar-refractivity contribution in [2.45, 2.75) is 6.54 Å². The summed E-state index contributed by atoms with van der Waals surface area (Å²) in [5, 5.41) is 18.1. The summed E-state index contributed by atoms with van der Waals surface area (Å²) in [4.78, 5) is 14.5. The average molecular weight is 192 g/mol. The summed E-state index contributed by atoms with van der Waals surface area (Å²) in [7, 11) is 0. The number of carboxylic acid groups (broad SMARTS) is 1. The largest absolute Gasteiger partial charge is 0.506 e. The van der Waals surface area contributed by atoms with E-state index in [-0.39, 0.29) is 12.3 Å². The van der Waals surface area contributed by atoms with E-state index in [4.69, 9.17) is 5.11 Å². The molecular weight excluding hydrogens is 184 g/mol. The van der Waals surface area contributed by atoms with Crippen LogP contribution in [-0.4, -0.2) is 25.7 Å². The number of aromatic hydroxyl groups is 1. The van der Waals surface area contributed by atoms with Gasteiger partial charge < -0.3 is 14.8 Å². The number of aliphatic carboxylic acids is 1. The number of carbonyl (C=O) groups is 1. The quantitative estimate of drug-likeness (QED) is 0.738. The third-order valence-electron chi connectivity index (χ3n) is 1.92. The van der Waals surface area contributed by atoms with Crippen LogP contribution in [0.2, 0.25) is 0 Å². The lowest BCUT2D eigenvalue weighted by Crippen LogP contribution is -2.07. The molecule has 0 unspecified atom stereocenters. The molecule has 2 aromatic rings. The number of phenols is 1. The third-order valence-corrected chi connectivity index (χ3v) is 1.92. The van der Waals surface area contributed by atoms with Gasteiger partial charge in [0.25, 0.3) is 0 Å². The number of para-hydroxylation sites is 1. The van der Waals surface area contributed by atoms with Gasteiger partial charge in [0.15, 0.2) is 0 Å². The molecule has 0 saturated heterocycles. The summed E-state index contributed by atoms with van der Waals surface area (Å²) in [6, 6.07) is 4.88. The van der Waals surface area contributed by atoms with Gasteiger partial charge in [0, 0.05) is 0 Å². The Morgan fingerprint density at radius 2 is 2.29 bits per heavy atom. The second-order valence-corrected chi connectivity index (χ2v) is 2.91. The molecule has 0 aliphatic heterocycles. The molecule has 2 rings (SSSR count). The van der Waals surface area contributed by atoms with Crippen molar-refractivity contribution >= 4 is 17.0 Å². The Labute approximate surface area is 79.2 Å². The number of phenolic OH excluding ortho intramolecular Hbond substituents is 1. The second kappa shape index (κ2) is 3.02. The van der Waals surface area contributed by atoms with E-state index in [0.717, 1.165) is 0 Å². The number of imidazole rings is 1. The van der Waals surface area contributed by atoms with Gasteiger partial charge in [-0.05, 0) is 12.1 Å². The van der Waals surface area contributed by atoms with E-state index in [1.165, 1.54) is 17.0 Å².